The van der Waals surface area contributed by atoms with Crippen LogP contribution >= 0.6 is 0 Å². The molecule has 0 aromatic rings. The standard InChI is InChI=1S/C10H19NO4S.Na/c1-9(2,3)15-8(12)11-6-10(4-5-10)7-16(13)14;/h4-7H2,1-3H3,(H,11,12)(H,13,14);/q;+1/p-1. The van der Waals surface area contributed by atoms with E-state index < -0.39 is 22.8 Å². The van der Waals surface area contributed by atoms with E-state index in [0.717, 1.165) is 12.8 Å². The summed E-state index contributed by atoms with van der Waals surface area (Å²) in [5.41, 5.74) is -0.772. The van der Waals surface area contributed by atoms with Crippen LogP contribution < -0.4 is 34.9 Å². The third-order valence-electron chi connectivity index (χ3n) is 2.39. The smallest absolute Gasteiger partial charge is 0.772 e. The molecule has 7 heteroatoms. The molecule has 0 aliphatic heterocycles. The van der Waals surface area contributed by atoms with Crippen LogP contribution in [-0.2, 0) is 15.8 Å². The SMILES string of the molecule is CC(C)(C)OC(=O)NCC1(CS(=O)[O-])CC1.[Na+]. The van der Waals surface area contributed by atoms with E-state index in [4.69, 9.17) is 4.74 Å². The molecule has 94 valence electrons. The van der Waals surface area contributed by atoms with Crippen LogP contribution in [-0.4, -0.2) is 32.8 Å². The molecule has 0 radical (unpaired) electrons. The zero-order valence-corrected chi connectivity index (χ0v) is 13.7. The molecule has 0 spiro atoms. The van der Waals surface area contributed by atoms with E-state index in [2.05, 4.69) is 5.32 Å². The summed E-state index contributed by atoms with van der Waals surface area (Å²) < 4.78 is 26.2. The minimum Gasteiger partial charge on any atom is -0.772 e. The van der Waals surface area contributed by atoms with Gasteiger partial charge in [-0.2, -0.15) is 0 Å². The number of hydrogen-bond donors (Lipinski definition) is 1. The Morgan fingerprint density at radius 3 is 2.35 bits per heavy atom. The molecule has 1 N–H and O–H groups in total. The molecule has 1 amide bonds. The molecule has 1 fully saturated rings. The predicted octanol–water partition coefficient (Wildman–Crippen LogP) is -1.83. The number of nitrogens with one attached hydrogen (secondary N) is 1. The number of amides is 1. The summed E-state index contributed by atoms with van der Waals surface area (Å²) in [6.07, 6.45) is 1.20. The summed E-state index contributed by atoms with van der Waals surface area (Å²) in [6, 6.07) is 0. The first-order chi connectivity index (χ1) is 7.22. The van der Waals surface area contributed by atoms with Gasteiger partial charge in [0.05, 0.1) is 0 Å². The van der Waals surface area contributed by atoms with E-state index >= 15 is 0 Å². The van der Waals surface area contributed by atoms with Crippen LogP contribution in [0, 0.1) is 5.41 Å². The van der Waals surface area contributed by atoms with Gasteiger partial charge in [-0.15, -0.1) is 0 Å². The first kappa shape index (κ1) is 17.4. The summed E-state index contributed by atoms with van der Waals surface area (Å²) in [5.74, 6) is 0.114. The average molecular weight is 271 g/mol. The number of carbonyl (C=O) groups excluding carboxylic acids is 1. The van der Waals surface area contributed by atoms with E-state index in [0.29, 0.717) is 6.54 Å². The summed E-state index contributed by atoms with van der Waals surface area (Å²) in [5, 5.41) is 2.61. The van der Waals surface area contributed by atoms with Crippen LogP contribution in [0.1, 0.15) is 33.6 Å². The Kier molecular flexibility index (Phi) is 6.66. The van der Waals surface area contributed by atoms with Crippen LogP contribution in [0.15, 0.2) is 0 Å². The largest absolute Gasteiger partial charge is 1.00 e. The van der Waals surface area contributed by atoms with Gasteiger partial charge in [0.1, 0.15) is 5.60 Å². The zero-order chi connectivity index (χ0) is 12.4. The van der Waals surface area contributed by atoms with Gasteiger partial charge in [0.25, 0.3) is 0 Å². The van der Waals surface area contributed by atoms with Crippen molar-refractivity contribution in [3.63, 3.8) is 0 Å². The van der Waals surface area contributed by atoms with Crippen molar-refractivity contribution in [1.29, 1.82) is 0 Å². The second-order valence-electron chi connectivity index (χ2n) is 5.30. The van der Waals surface area contributed by atoms with Crippen molar-refractivity contribution in [2.75, 3.05) is 12.3 Å². The van der Waals surface area contributed by atoms with E-state index in [1.807, 2.05) is 0 Å². The van der Waals surface area contributed by atoms with Crippen molar-refractivity contribution in [2.24, 2.45) is 5.41 Å². The number of ether oxygens (including phenoxy) is 1. The Hall–Kier alpha value is 0.380. The Morgan fingerprint density at radius 1 is 1.47 bits per heavy atom. The van der Waals surface area contributed by atoms with Gasteiger partial charge in [-0.25, -0.2) is 4.79 Å². The molecule has 5 nitrogen and oxygen atoms in total. The number of hydrogen-bond acceptors (Lipinski definition) is 4. The van der Waals surface area contributed by atoms with Crippen molar-refractivity contribution < 1.29 is 47.9 Å². The van der Waals surface area contributed by atoms with Gasteiger partial charge in [-0.1, -0.05) is 11.1 Å². The molecule has 1 saturated carbocycles. The molecule has 0 bridgehead atoms. The van der Waals surface area contributed by atoms with Crippen LogP contribution in [0.3, 0.4) is 0 Å². The van der Waals surface area contributed by atoms with Crippen molar-refractivity contribution in [3.05, 3.63) is 0 Å². The zero-order valence-electron chi connectivity index (χ0n) is 10.9. The second kappa shape index (κ2) is 6.52. The maximum atomic E-state index is 11.3. The van der Waals surface area contributed by atoms with Gasteiger partial charge < -0.3 is 14.6 Å². The van der Waals surface area contributed by atoms with Crippen molar-refractivity contribution in [1.82, 2.24) is 5.32 Å². The molecule has 1 aliphatic rings. The van der Waals surface area contributed by atoms with E-state index in [9.17, 15) is 13.6 Å². The molecule has 1 rings (SSSR count). The van der Waals surface area contributed by atoms with Gasteiger partial charge in [0, 0.05) is 12.3 Å². The first-order valence-corrected chi connectivity index (χ1v) is 6.50. The Bertz CT molecular complexity index is 299. The number of rotatable bonds is 4. The summed E-state index contributed by atoms with van der Waals surface area (Å²) in [6.45, 7) is 5.72. The van der Waals surface area contributed by atoms with E-state index in [1.54, 1.807) is 20.8 Å². The minimum absolute atomic E-state index is 0. The third kappa shape index (κ3) is 7.41. The summed E-state index contributed by atoms with van der Waals surface area (Å²) in [4.78, 5) is 11.3. The topological polar surface area (TPSA) is 78.5 Å². The molecule has 0 heterocycles. The molecule has 1 atom stereocenters. The fraction of sp³-hybridized carbons (Fsp3) is 0.900. The average Bonchev–Trinajstić information content (AvgIpc) is 2.78. The molecule has 17 heavy (non-hydrogen) atoms. The van der Waals surface area contributed by atoms with Crippen LogP contribution in [0.2, 0.25) is 0 Å². The van der Waals surface area contributed by atoms with Crippen LogP contribution in [0.5, 0.6) is 0 Å². The molecule has 1 unspecified atom stereocenters. The minimum atomic E-state index is -2.05. The Morgan fingerprint density at radius 2 is 2.00 bits per heavy atom. The molecule has 1 aliphatic carbocycles. The quantitative estimate of drug-likeness (QED) is 0.482. The van der Waals surface area contributed by atoms with Gasteiger partial charge in [-0.3, -0.25) is 4.21 Å². The van der Waals surface area contributed by atoms with Crippen molar-refractivity contribution in [2.45, 2.75) is 39.2 Å². The molecular weight excluding hydrogens is 253 g/mol. The number of alkyl carbamates (subject to hydrolysis) is 1. The molecular formula is C10H18NNaO4S. The van der Waals surface area contributed by atoms with E-state index in [1.165, 1.54) is 0 Å². The normalized spacial score (nSPS) is 18.8. The second-order valence-corrected chi connectivity index (χ2v) is 6.20. The van der Waals surface area contributed by atoms with Gasteiger partial charge >= 0.3 is 35.7 Å². The first-order valence-electron chi connectivity index (χ1n) is 5.25. The fourth-order valence-electron chi connectivity index (χ4n) is 1.37. The van der Waals surface area contributed by atoms with Gasteiger partial charge in [0.2, 0.25) is 0 Å². The Labute approximate surface area is 127 Å². The Balaban J connectivity index is 0.00000256. The van der Waals surface area contributed by atoms with Crippen LogP contribution in [0.25, 0.3) is 0 Å². The van der Waals surface area contributed by atoms with Gasteiger partial charge in [0.15, 0.2) is 0 Å². The van der Waals surface area contributed by atoms with Crippen LogP contribution in [0.4, 0.5) is 4.79 Å². The molecule has 0 saturated heterocycles. The third-order valence-corrected chi connectivity index (χ3v) is 3.24. The predicted molar refractivity (Wildman–Crippen MR) is 59.7 cm³/mol. The van der Waals surface area contributed by atoms with E-state index in [-0.39, 0.29) is 40.7 Å². The van der Waals surface area contributed by atoms with Gasteiger partial charge in [-0.05, 0) is 39.0 Å². The maximum Gasteiger partial charge on any atom is 1.00 e. The number of carbonyl (C=O) groups is 1. The summed E-state index contributed by atoms with van der Waals surface area (Å²) >= 11 is -2.05. The van der Waals surface area contributed by atoms with Crippen molar-refractivity contribution >= 4 is 17.2 Å². The summed E-state index contributed by atoms with van der Waals surface area (Å²) in [7, 11) is 0. The fourth-order valence-corrected chi connectivity index (χ4v) is 2.26. The monoisotopic (exact) mass is 271 g/mol. The molecule has 0 aromatic carbocycles. The van der Waals surface area contributed by atoms with Crippen molar-refractivity contribution in [3.8, 4) is 0 Å². The maximum absolute atomic E-state index is 11.3. The molecule has 0 aromatic heterocycles.